The van der Waals surface area contributed by atoms with Crippen molar-refractivity contribution in [1.29, 1.82) is 0 Å². The van der Waals surface area contributed by atoms with E-state index in [1.807, 2.05) is 40.5 Å². The number of halogens is 4. The fraction of sp³-hybridized carbons (Fsp3) is 0.320. The maximum atomic E-state index is 13.5. The quantitative estimate of drug-likeness (QED) is 0.222. The van der Waals surface area contributed by atoms with Gasteiger partial charge in [0.2, 0.25) is 0 Å². The molecule has 36 heavy (non-hydrogen) atoms. The normalized spacial score (nSPS) is 13.4. The molecule has 4 aromatic rings. The fourth-order valence-electron chi connectivity index (χ4n) is 3.59. The lowest BCUT2D eigenvalue weighted by atomic mass is 9.99. The van der Waals surface area contributed by atoms with Gasteiger partial charge < -0.3 is 10.4 Å². The molecule has 1 aliphatic rings. The second-order valence-corrected chi connectivity index (χ2v) is 10.1. The minimum Gasteiger partial charge on any atom is -0.392 e. The van der Waals surface area contributed by atoms with Gasteiger partial charge in [-0.15, -0.1) is 0 Å². The van der Waals surface area contributed by atoms with Crippen LogP contribution in [0.15, 0.2) is 55.0 Å². The lowest BCUT2D eigenvalue weighted by Gasteiger charge is -2.12. The molecule has 3 aromatic heterocycles. The molecule has 0 atom stereocenters. The Balaban J connectivity index is 0.000000196. The summed E-state index contributed by atoms with van der Waals surface area (Å²) in [5.74, 6) is 0.0708. The van der Waals surface area contributed by atoms with Crippen molar-refractivity contribution in [3.05, 3.63) is 71.4 Å². The molecule has 3 heterocycles. The summed E-state index contributed by atoms with van der Waals surface area (Å²) in [5.41, 5.74) is 2.47. The van der Waals surface area contributed by atoms with Crippen molar-refractivity contribution < 1.29 is 13.9 Å². The summed E-state index contributed by atoms with van der Waals surface area (Å²) in [6.07, 6.45) is 9.24. The molecular weight excluding hydrogens is 619 g/mol. The summed E-state index contributed by atoms with van der Waals surface area (Å²) in [6, 6.07) is 11.3. The summed E-state index contributed by atoms with van der Waals surface area (Å²) in [4.78, 5) is 12.6. The summed E-state index contributed by atoms with van der Waals surface area (Å²) < 4.78 is 27.6. The number of nitrogens with one attached hydrogen (secondary N) is 1. The van der Waals surface area contributed by atoms with E-state index in [4.69, 9.17) is 16.7 Å². The van der Waals surface area contributed by atoms with Gasteiger partial charge in [-0.25, -0.2) is 23.7 Å². The molecule has 11 heteroatoms. The number of aliphatic hydroxyl groups excluding tert-OH is 1. The number of nitrogens with zero attached hydrogens (tertiary/aromatic N) is 4. The number of hydrogen-bond acceptors (Lipinski definition) is 6. The van der Waals surface area contributed by atoms with Crippen molar-refractivity contribution in [2.75, 3.05) is 12.4 Å². The number of anilines is 1. The number of aliphatic hydroxyl groups is 1. The highest BCUT2D eigenvalue weighted by Crippen LogP contribution is 2.33. The van der Waals surface area contributed by atoms with Gasteiger partial charge in [-0.2, -0.15) is 0 Å². The highest BCUT2D eigenvalue weighted by molar-refractivity contribution is 14.2. The van der Waals surface area contributed by atoms with Crippen LogP contribution in [0.3, 0.4) is 0 Å². The van der Waals surface area contributed by atoms with Crippen molar-refractivity contribution >= 4 is 58.8 Å². The molecule has 192 valence electrons. The summed E-state index contributed by atoms with van der Waals surface area (Å²) in [6.45, 7) is 0.140. The Bertz CT molecular complexity index is 1240. The molecule has 0 bridgehead atoms. The van der Waals surface area contributed by atoms with Crippen LogP contribution < -0.4 is 5.32 Å². The SMILES string of the molecule is CNc1nc(-c2cn(SI)c3ncc(Cl)cc23)ncc1F.FC1CCCCC1.OCc1ccccc1. The van der Waals surface area contributed by atoms with Gasteiger partial charge in [-0.3, -0.25) is 3.97 Å². The zero-order valence-electron chi connectivity index (χ0n) is 19.7. The minimum atomic E-state index is -0.496. The van der Waals surface area contributed by atoms with E-state index < -0.39 is 12.0 Å². The molecule has 0 radical (unpaired) electrons. The minimum absolute atomic E-state index is 0.140. The Morgan fingerprint density at radius 1 is 1.17 bits per heavy atom. The second-order valence-electron chi connectivity index (χ2n) is 7.98. The fourth-order valence-corrected chi connectivity index (χ4v) is 5.01. The summed E-state index contributed by atoms with van der Waals surface area (Å²) in [5, 5.41) is 12.6. The number of rotatable bonds is 4. The van der Waals surface area contributed by atoms with Crippen LogP contribution in [0.2, 0.25) is 5.02 Å². The first-order valence-corrected chi connectivity index (χ1v) is 15.1. The molecule has 0 saturated heterocycles. The Hall–Kier alpha value is -2.02. The van der Waals surface area contributed by atoms with Gasteiger partial charge >= 0.3 is 0 Å². The lowest BCUT2D eigenvalue weighted by Crippen LogP contribution is -2.04. The molecule has 1 saturated carbocycles. The van der Waals surface area contributed by atoms with Crippen molar-refractivity contribution in [2.45, 2.75) is 44.9 Å². The Labute approximate surface area is 230 Å². The van der Waals surface area contributed by atoms with Gasteiger partial charge in [0.1, 0.15) is 6.17 Å². The average molecular weight is 646 g/mol. The van der Waals surface area contributed by atoms with Crippen LogP contribution in [0.4, 0.5) is 14.6 Å². The maximum absolute atomic E-state index is 13.5. The van der Waals surface area contributed by atoms with Gasteiger partial charge in [-0.1, -0.05) is 61.2 Å². The zero-order valence-corrected chi connectivity index (χ0v) is 23.4. The zero-order chi connectivity index (χ0) is 25.9. The monoisotopic (exact) mass is 645 g/mol. The molecule has 0 unspecified atom stereocenters. The van der Waals surface area contributed by atoms with E-state index in [1.54, 1.807) is 19.3 Å². The molecule has 2 N–H and O–H groups in total. The molecule has 6 nitrogen and oxygen atoms in total. The first kappa shape index (κ1) is 28.5. The number of fused-ring (bicyclic) bond motifs is 1. The third kappa shape index (κ3) is 7.99. The van der Waals surface area contributed by atoms with Crippen LogP contribution in [-0.2, 0) is 6.61 Å². The highest BCUT2D eigenvalue weighted by atomic mass is 127. The van der Waals surface area contributed by atoms with E-state index in [-0.39, 0.29) is 12.4 Å². The van der Waals surface area contributed by atoms with Crippen molar-refractivity contribution in [1.82, 2.24) is 18.9 Å². The second kappa shape index (κ2) is 14.7. The van der Waals surface area contributed by atoms with Crippen LogP contribution in [0.25, 0.3) is 22.4 Å². The molecular formula is C25H27ClF2IN5OS. The third-order valence-corrected chi connectivity index (χ3v) is 7.34. The predicted molar refractivity (Wildman–Crippen MR) is 153 cm³/mol. The van der Waals surface area contributed by atoms with Gasteiger partial charge in [0.25, 0.3) is 0 Å². The number of alkyl halides is 1. The summed E-state index contributed by atoms with van der Waals surface area (Å²) >= 11 is 8.18. The lowest BCUT2D eigenvalue weighted by molar-refractivity contribution is 0.251. The Morgan fingerprint density at radius 3 is 2.44 bits per heavy atom. The van der Waals surface area contributed by atoms with Crippen LogP contribution in [0, 0.1) is 5.82 Å². The largest absolute Gasteiger partial charge is 0.392 e. The van der Waals surface area contributed by atoms with Crippen LogP contribution >= 0.6 is 41.9 Å². The first-order chi connectivity index (χ1) is 17.5. The number of benzene rings is 1. The third-order valence-electron chi connectivity index (χ3n) is 5.43. The molecule has 1 aliphatic carbocycles. The Kier molecular flexibility index (Phi) is 11.6. The van der Waals surface area contributed by atoms with Crippen molar-refractivity contribution in [3.63, 3.8) is 0 Å². The summed E-state index contributed by atoms with van der Waals surface area (Å²) in [7, 11) is 3.08. The average Bonchev–Trinajstić information content (AvgIpc) is 3.28. The Morgan fingerprint density at radius 2 is 1.89 bits per heavy atom. The van der Waals surface area contributed by atoms with E-state index in [2.05, 4.69) is 41.5 Å². The maximum Gasteiger partial charge on any atom is 0.183 e. The molecule has 5 rings (SSSR count). The van der Waals surface area contributed by atoms with Crippen molar-refractivity contribution in [2.24, 2.45) is 0 Å². The molecule has 0 spiro atoms. The topological polar surface area (TPSA) is 75.9 Å². The molecule has 0 amide bonds. The van der Waals surface area contributed by atoms with Gasteiger partial charge in [0.15, 0.2) is 23.1 Å². The number of pyridine rings is 1. The standard InChI is InChI=1S/C12H8ClFIN5S.C7H8O.C6H11F/c1-16-11-9(14)4-17-10(19-11)8-5-20(21-15)12-7(8)2-6(13)3-18-12;8-6-7-4-2-1-3-5-7;7-6-4-2-1-3-5-6/h2-5H,1H3,(H,16,17,19);1-5,8H,6H2;6H,1-5H2. The van der Waals surface area contributed by atoms with Gasteiger partial charge in [0, 0.05) is 60.7 Å². The van der Waals surface area contributed by atoms with Crippen molar-refractivity contribution in [3.8, 4) is 11.4 Å². The van der Waals surface area contributed by atoms with E-state index in [0.29, 0.717) is 10.8 Å². The smallest absolute Gasteiger partial charge is 0.183 e. The number of hydrogen-bond donors (Lipinski definition) is 2. The molecule has 1 fully saturated rings. The van der Waals surface area contributed by atoms with Crippen LogP contribution in [-0.4, -0.2) is 37.3 Å². The highest BCUT2D eigenvalue weighted by Gasteiger charge is 2.16. The van der Waals surface area contributed by atoms with Gasteiger partial charge in [0.05, 0.1) is 17.8 Å². The van der Waals surface area contributed by atoms with Crippen LogP contribution in [0.1, 0.15) is 37.7 Å². The van der Waals surface area contributed by atoms with E-state index in [9.17, 15) is 8.78 Å². The molecule has 0 aliphatic heterocycles. The van der Waals surface area contributed by atoms with E-state index >= 15 is 0 Å². The van der Waals surface area contributed by atoms with Gasteiger partial charge in [-0.05, 0) is 24.5 Å². The van der Waals surface area contributed by atoms with Crippen LogP contribution in [0.5, 0.6) is 0 Å². The predicted octanol–water partition coefficient (Wildman–Crippen LogP) is 7.64. The van der Waals surface area contributed by atoms with E-state index in [1.165, 1.54) is 15.5 Å². The van der Waals surface area contributed by atoms with E-state index in [0.717, 1.165) is 54.0 Å². The molecule has 1 aromatic carbocycles. The number of aromatic nitrogens is 4. The first-order valence-electron chi connectivity index (χ1n) is 11.4.